The van der Waals surface area contributed by atoms with E-state index in [1.807, 2.05) is 0 Å². The lowest BCUT2D eigenvalue weighted by molar-refractivity contribution is -0.127. The molecule has 3 aromatic carbocycles. The number of carbonyl (C=O) groups is 3. The number of rotatable bonds is 8. The Balaban J connectivity index is 1.47. The van der Waals surface area contributed by atoms with E-state index in [-0.39, 0.29) is 16.5 Å². The molecule has 0 atom stereocenters. The summed E-state index contributed by atoms with van der Waals surface area (Å²) in [4.78, 5) is 38.8. The Morgan fingerprint density at radius 1 is 0.974 bits per heavy atom. The van der Waals surface area contributed by atoms with E-state index >= 15 is 0 Å². The molecule has 0 aromatic heterocycles. The number of hydrogen-bond donors (Lipinski definition) is 1. The number of methoxy groups -OCH3 is 1. The van der Waals surface area contributed by atoms with Crippen molar-refractivity contribution in [2.45, 2.75) is 6.61 Å². The van der Waals surface area contributed by atoms with Gasteiger partial charge < -0.3 is 14.8 Å². The van der Waals surface area contributed by atoms with Crippen LogP contribution in [0.15, 0.2) is 59.5 Å². The summed E-state index contributed by atoms with van der Waals surface area (Å²) in [5.74, 6) is -0.553. The molecule has 3 aromatic rings. The summed E-state index contributed by atoms with van der Waals surface area (Å²) in [5.41, 5.74) is 1.65. The zero-order valence-corrected chi connectivity index (χ0v) is 23.4. The Kier molecular flexibility index (Phi) is 9.12. The molecule has 1 heterocycles. The average Bonchev–Trinajstić information content (AvgIpc) is 3.13. The zero-order chi connectivity index (χ0) is 27.4. The van der Waals surface area contributed by atoms with Crippen LogP contribution in [0.1, 0.15) is 11.1 Å². The number of ether oxygens (including phenoxy) is 2. The molecular formula is C26H18Cl4N2O5S. The fourth-order valence-corrected chi connectivity index (χ4v) is 5.05. The number of benzene rings is 3. The van der Waals surface area contributed by atoms with E-state index in [2.05, 4.69) is 5.32 Å². The van der Waals surface area contributed by atoms with Gasteiger partial charge in [-0.1, -0.05) is 64.6 Å². The van der Waals surface area contributed by atoms with Crippen LogP contribution in [0, 0.1) is 0 Å². The second kappa shape index (κ2) is 12.3. The van der Waals surface area contributed by atoms with Crippen LogP contribution in [0.25, 0.3) is 6.08 Å². The van der Waals surface area contributed by atoms with Crippen molar-refractivity contribution in [2.75, 3.05) is 19.0 Å². The van der Waals surface area contributed by atoms with Crippen LogP contribution in [0.2, 0.25) is 20.1 Å². The quantitative estimate of drug-likeness (QED) is 0.265. The molecule has 0 radical (unpaired) electrons. The van der Waals surface area contributed by atoms with Gasteiger partial charge in [0.15, 0.2) is 11.5 Å². The molecule has 0 aliphatic carbocycles. The lowest BCUT2D eigenvalue weighted by atomic mass is 10.1. The van der Waals surface area contributed by atoms with Gasteiger partial charge in [-0.15, -0.1) is 0 Å². The highest BCUT2D eigenvalue weighted by Crippen LogP contribution is 2.39. The van der Waals surface area contributed by atoms with Crippen molar-refractivity contribution in [3.8, 4) is 11.5 Å². The number of thioether (sulfide) groups is 1. The summed E-state index contributed by atoms with van der Waals surface area (Å²) in [6, 6.07) is 15.0. The van der Waals surface area contributed by atoms with Gasteiger partial charge in [0, 0.05) is 0 Å². The van der Waals surface area contributed by atoms with E-state index in [1.54, 1.807) is 54.6 Å². The van der Waals surface area contributed by atoms with Gasteiger partial charge in [0.1, 0.15) is 13.2 Å². The standard InChI is InChI=1S/C26H18Cl4N2O5S/c1-36-21-10-15(9-19(30)24(21)37-13-14-6-7-16(27)18(29)8-14)11-22-25(34)32(26(35)38-22)12-23(33)31-20-5-3-2-4-17(20)28/h2-11H,12-13H2,1H3,(H,31,33)/b22-11+. The summed E-state index contributed by atoms with van der Waals surface area (Å²) < 4.78 is 11.3. The number of nitrogens with zero attached hydrogens (tertiary/aromatic N) is 1. The zero-order valence-electron chi connectivity index (χ0n) is 19.6. The van der Waals surface area contributed by atoms with Crippen molar-refractivity contribution >= 4 is 87.0 Å². The fourth-order valence-electron chi connectivity index (χ4n) is 3.43. The van der Waals surface area contributed by atoms with E-state index < -0.39 is 23.6 Å². The van der Waals surface area contributed by atoms with Crippen molar-refractivity contribution in [2.24, 2.45) is 0 Å². The van der Waals surface area contributed by atoms with Gasteiger partial charge in [-0.2, -0.15) is 0 Å². The molecule has 0 bridgehead atoms. The first-order chi connectivity index (χ1) is 18.2. The normalized spacial score (nSPS) is 14.2. The summed E-state index contributed by atoms with van der Waals surface area (Å²) in [7, 11) is 1.45. The Morgan fingerprint density at radius 2 is 1.74 bits per heavy atom. The maximum atomic E-state index is 12.9. The second-order valence-electron chi connectivity index (χ2n) is 7.87. The predicted molar refractivity (Wildman–Crippen MR) is 152 cm³/mol. The van der Waals surface area contributed by atoms with Gasteiger partial charge >= 0.3 is 0 Å². The van der Waals surface area contributed by atoms with Gasteiger partial charge in [0.05, 0.1) is 37.8 Å². The highest BCUT2D eigenvalue weighted by Gasteiger charge is 2.36. The minimum Gasteiger partial charge on any atom is -0.493 e. The van der Waals surface area contributed by atoms with Gasteiger partial charge in [-0.25, -0.2) is 0 Å². The number of carbonyl (C=O) groups excluding carboxylic acids is 3. The maximum absolute atomic E-state index is 12.9. The third-order valence-corrected chi connectivity index (χ3v) is 7.50. The molecule has 7 nitrogen and oxygen atoms in total. The summed E-state index contributed by atoms with van der Waals surface area (Å²) >= 11 is 25.2. The highest BCUT2D eigenvalue weighted by atomic mass is 35.5. The maximum Gasteiger partial charge on any atom is 0.294 e. The van der Waals surface area contributed by atoms with E-state index in [0.29, 0.717) is 49.6 Å². The molecule has 0 spiro atoms. The molecule has 3 amide bonds. The minimum absolute atomic E-state index is 0.128. The average molecular weight is 612 g/mol. The number of amides is 3. The van der Waals surface area contributed by atoms with Crippen LogP contribution in [0.3, 0.4) is 0 Å². The smallest absolute Gasteiger partial charge is 0.294 e. The number of halogens is 4. The number of nitrogens with one attached hydrogen (secondary N) is 1. The summed E-state index contributed by atoms with van der Waals surface area (Å²) in [6.45, 7) is -0.305. The molecule has 12 heteroatoms. The lowest BCUT2D eigenvalue weighted by Crippen LogP contribution is -2.36. The largest absolute Gasteiger partial charge is 0.493 e. The van der Waals surface area contributed by atoms with Crippen LogP contribution in [-0.4, -0.2) is 35.6 Å². The van der Waals surface area contributed by atoms with Gasteiger partial charge in [0.2, 0.25) is 5.91 Å². The summed E-state index contributed by atoms with van der Waals surface area (Å²) in [6.07, 6.45) is 1.49. The number of imide groups is 1. The summed E-state index contributed by atoms with van der Waals surface area (Å²) in [5, 5.41) is 3.42. The lowest BCUT2D eigenvalue weighted by Gasteiger charge is -2.14. The Bertz CT molecular complexity index is 1460. The highest BCUT2D eigenvalue weighted by molar-refractivity contribution is 8.18. The molecule has 196 valence electrons. The molecular weight excluding hydrogens is 594 g/mol. The Hall–Kier alpha value is -2.88. The van der Waals surface area contributed by atoms with E-state index in [1.165, 1.54) is 13.2 Å². The predicted octanol–water partition coefficient (Wildman–Crippen LogP) is 7.56. The molecule has 0 saturated carbocycles. The van der Waals surface area contributed by atoms with Gasteiger partial charge in [0.25, 0.3) is 11.1 Å². The first kappa shape index (κ1) is 28.1. The van der Waals surface area contributed by atoms with Crippen molar-refractivity contribution in [3.63, 3.8) is 0 Å². The van der Waals surface area contributed by atoms with Gasteiger partial charge in [-0.05, 0) is 65.4 Å². The first-order valence-electron chi connectivity index (χ1n) is 10.9. The SMILES string of the molecule is COc1cc(/C=C2/SC(=O)N(CC(=O)Nc3ccccc3Cl)C2=O)cc(Cl)c1OCc1ccc(Cl)c(Cl)c1. The van der Waals surface area contributed by atoms with E-state index in [0.717, 1.165) is 10.5 Å². The molecule has 1 aliphatic heterocycles. The monoisotopic (exact) mass is 610 g/mol. The van der Waals surface area contributed by atoms with E-state index in [4.69, 9.17) is 55.9 Å². The molecule has 1 aliphatic rings. The van der Waals surface area contributed by atoms with Gasteiger partial charge in [-0.3, -0.25) is 19.3 Å². The third-order valence-electron chi connectivity index (χ3n) is 5.24. The van der Waals surface area contributed by atoms with Crippen LogP contribution in [-0.2, 0) is 16.2 Å². The topological polar surface area (TPSA) is 84.9 Å². The van der Waals surface area contributed by atoms with Crippen LogP contribution in [0.4, 0.5) is 10.5 Å². The second-order valence-corrected chi connectivity index (χ2v) is 10.5. The third kappa shape index (κ3) is 6.57. The molecule has 1 fully saturated rings. The number of hydrogen-bond acceptors (Lipinski definition) is 6. The molecule has 1 N–H and O–H groups in total. The molecule has 38 heavy (non-hydrogen) atoms. The van der Waals surface area contributed by atoms with Crippen molar-refractivity contribution in [1.29, 1.82) is 0 Å². The van der Waals surface area contributed by atoms with Crippen LogP contribution >= 0.6 is 58.2 Å². The van der Waals surface area contributed by atoms with Crippen molar-refractivity contribution in [3.05, 3.63) is 90.7 Å². The van der Waals surface area contributed by atoms with Crippen LogP contribution in [0.5, 0.6) is 11.5 Å². The molecule has 4 rings (SSSR count). The Labute approximate surface area is 242 Å². The van der Waals surface area contributed by atoms with Crippen molar-refractivity contribution in [1.82, 2.24) is 4.90 Å². The van der Waals surface area contributed by atoms with Crippen LogP contribution < -0.4 is 14.8 Å². The minimum atomic E-state index is -0.607. The molecule has 1 saturated heterocycles. The van der Waals surface area contributed by atoms with E-state index in [9.17, 15) is 14.4 Å². The Morgan fingerprint density at radius 3 is 2.45 bits per heavy atom. The fraction of sp³-hybridized carbons (Fsp3) is 0.115. The number of para-hydroxylation sites is 1. The van der Waals surface area contributed by atoms with Crippen molar-refractivity contribution < 1.29 is 23.9 Å². The number of anilines is 1. The molecule has 0 unspecified atom stereocenters. The first-order valence-corrected chi connectivity index (χ1v) is 13.2.